The molecule has 5 nitrogen and oxygen atoms in total. The molecule has 0 aliphatic carbocycles. The van der Waals surface area contributed by atoms with E-state index in [0.717, 1.165) is 25.2 Å². The van der Waals surface area contributed by atoms with Gasteiger partial charge < -0.3 is 10.7 Å². The van der Waals surface area contributed by atoms with Crippen molar-refractivity contribution in [1.82, 2.24) is 9.97 Å². The van der Waals surface area contributed by atoms with E-state index in [9.17, 15) is 0 Å². The van der Waals surface area contributed by atoms with Gasteiger partial charge in [0.1, 0.15) is 5.82 Å². The van der Waals surface area contributed by atoms with E-state index in [1.54, 1.807) is 12.4 Å². The van der Waals surface area contributed by atoms with Crippen molar-refractivity contribution in [3.63, 3.8) is 0 Å². The smallest absolute Gasteiger partial charge is 0.160 e. The first-order valence-corrected chi connectivity index (χ1v) is 7.00. The highest BCUT2D eigenvalue weighted by atomic mass is 32.2. The molecule has 0 atom stereocenters. The van der Waals surface area contributed by atoms with Crippen LogP contribution in [0.3, 0.4) is 0 Å². The van der Waals surface area contributed by atoms with Crippen molar-refractivity contribution < 1.29 is 0 Å². The number of aromatic nitrogens is 2. The van der Waals surface area contributed by atoms with Gasteiger partial charge in [-0.25, -0.2) is 10.8 Å². The summed E-state index contributed by atoms with van der Waals surface area (Å²) < 4.78 is 0.258. The molecular formula is C11H21N5S. The lowest BCUT2D eigenvalue weighted by Crippen LogP contribution is -2.32. The molecule has 6 heteroatoms. The van der Waals surface area contributed by atoms with Crippen molar-refractivity contribution in [2.75, 3.05) is 23.5 Å². The van der Waals surface area contributed by atoms with Crippen LogP contribution in [0.25, 0.3) is 0 Å². The molecular weight excluding hydrogens is 234 g/mol. The summed E-state index contributed by atoms with van der Waals surface area (Å²) in [6.45, 7) is 5.31. The molecule has 17 heavy (non-hydrogen) atoms. The van der Waals surface area contributed by atoms with Crippen LogP contribution < -0.4 is 16.6 Å². The minimum absolute atomic E-state index is 0.258. The third-order valence-corrected chi connectivity index (χ3v) is 4.68. The average molecular weight is 255 g/mol. The lowest BCUT2D eigenvalue weighted by atomic mass is 10.0. The zero-order valence-electron chi connectivity index (χ0n) is 10.7. The van der Waals surface area contributed by atoms with Gasteiger partial charge in [-0.1, -0.05) is 13.8 Å². The third kappa shape index (κ3) is 3.74. The highest BCUT2D eigenvalue weighted by molar-refractivity contribution is 8.00. The second kappa shape index (κ2) is 6.66. The Morgan fingerprint density at radius 2 is 1.94 bits per heavy atom. The SMILES string of the molecule is CCC(CC)(CNc1cncc(NN)n1)SC. The molecule has 1 heterocycles. The van der Waals surface area contributed by atoms with E-state index in [4.69, 9.17) is 5.84 Å². The monoisotopic (exact) mass is 255 g/mol. The normalized spacial score (nSPS) is 11.3. The number of anilines is 2. The Hall–Kier alpha value is -1.01. The topological polar surface area (TPSA) is 75.9 Å². The van der Waals surface area contributed by atoms with Gasteiger partial charge in [-0.15, -0.1) is 0 Å². The summed E-state index contributed by atoms with van der Waals surface area (Å²) in [6, 6.07) is 0. The summed E-state index contributed by atoms with van der Waals surface area (Å²) in [6.07, 6.45) is 7.70. The predicted octanol–water partition coefficient (Wildman–Crippen LogP) is 2.10. The predicted molar refractivity (Wildman–Crippen MR) is 75.2 cm³/mol. The van der Waals surface area contributed by atoms with Gasteiger partial charge in [0.2, 0.25) is 0 Å². The van der Waals surface area contributed by atoms with E-state index in [-0.39, 0.29) is 4.75 Å². The molecule has 0 saturated heterocycles. The molecule has 1 rings (SSSR count). The van der Waals surface area contributed by atoms with Crippen LogP contribution >= 0.6 is 11.8 Å². The zero-order chi connectivity index (χ0) is 12.7. The van der Waals surface area contributed by atoms with Gasteiger partial charge in [0, 0.05) is 11.3 Å². The van der Waals surface area contributed by atoms with Gasteiger partial charge >= 0.3 is 0 Å². The first-order chi connectivity index (χ1) is 8.19. The van der Waals surface area contributed by atoms with Crippen LogP contribution in [0.2, 0.25) is 0 Å². The summed E-state index contributed by atoms with van der Waals surface area (Å²) in [5.74, 6) is 6.61. The summed E-state index contributed by atoms with van der Waals surface area (Å²) in [7, 11) is 0. The molecule has 0 fully saturated rings. The molecule has 0 bridgehead atoms. The quantitative estimate of drug-likeness (QED) is 0.512. The second-order valence-electron chi connectivity index (χ2n) is 3.88. The van der Waals surface area contributed by atoms with E-state index < -0.39 is 0 Å². The zero-order valence-corrected chi connectivity index (χ0v) is 11.5. The number of nitrogens with two attached hydrogens (primary N) is 1. The van der Waals surface area contributed by atoms with Crippen molar-refractivity contribution in [3.8, 4) is 0 Å². The van der Waals surface area contributed by atoms with Crippen LogP contribution in [0.1, 0.15) is 26.7 Å². The van der Waals surface area contributed by atoms with E-state index in [1.807, 2.05) is 11.8 Å². The summed E-state index contributed by atoms with van der Waals surface area (Å²) in [5.41, 5.74) is 2.49. The van der Waals surface area contributed by atoms with Crippen molar-refractivity contribution in [2.24, 2.45) is 5.84 Å². The maximum Gasteiger partial charge on any atom is 0.160 e. The first kappa shape index (κ1) is 14.1. The van der Waals surface area contributed by atoms with Crippen molar-refractivity contribution in [1.29, 1.82) is 0 Å². The molecule has 96 valence electrons. The molecule has 4 N–H and O–H groups in total. The number of nitrogens with zero attached hydrogens (tertiary/aromatic N) is 2. The molecule has 0 saturated carbocycles. The molecule has 0 radical (unpaired) electrons. The number of hydrogen-bond donors (Lipinski definition) is 3. The summed E-state index contributed by atoms with van der Waals surface area (Å²) in [5, 5.41) is 3.32. The van der Waals surface area contributed by atoms with Gasteiger partial charge in [-0.2, -0.15) is 11.8 Å². The molecule has 0 spiro atoms. The lowest BCUT2D eigenvalue weighted by Gasteiger charge is -2.30. The highest BCUT2D eigenvalue weighted by Crippen LogP contribution is 2.30. The van der Waals surface area contributed by atoms with E-state index in [2.05, 4.69) is 40.8 Å². The fraction of sp³-hybridized carbons (Fsp3) is 0.636. The van der Waals surface area contributed by atoms with Crippen molar-refractivity contribution in [2.45, 2.75) is 31.4 Å². The van der Waals surface area contributed by atoms with Crippen LogP contribution in [-0.4, -0.2) is 27.5 Å². The fourth-order valence-corrected chi connectivity index (χ4v) is 2.43. The molecule has 0 aliphatic heterocycles. The van der Waals surface area contributed by atoms with Crippen LogP contribution in [0.5, 0.6) is 0 Å². The number of hydrogen-bond acceptors (Lipinski definition) is 6. The van der Waals surface area contributed by atoms with E-state index in [0.29, 0.717) is 5.82 Å². The van der Waals surface area contributed by atoms with Crippen molar-refractivity contribution >= 4 is 23.4 Å². The van der Waals surface area contributed by atoms with Crippen LogP contribution in [-0.2, 0) is 0 Å². The lowest BCUT2D eigenvalue weighted by molar-refractivity contribution is 0.574. The Labute approximate surface area is 107 Å². The van der Waals surface area contributed by atoms with E-state index in [1.165, 1.54) is 0 Å². The van der Waals surface area contributed by atoms with Gasteiger partial charge in [0.15, 0.2) is 5.82 Å². The Morgan fingerprint density at radius 3 is 2.47 bits per heavy atom. The molecule has 0 amide bonds. The standard InChI is InChI=1S/C11H21N5S/c1-4-11(5-2,17-3)8-14-9-6-13-7-10(15-9)16-12/h6-7H,4-5,8,12H2,1-3H3,(H2,14,15,16). The minimum atomic E-state index is 0.258. The summed E-state index contributed by atoms with van der Waals surface area (Å²) in [4.78, 5) is 8.34. The maximum absolute atomic E-state index is 5.29. The maximum atomic E-state index is 5.29. The van der Waals surface area contributed by atoms with Gasteiger partial charge in [0.05, 0.1) is 12.4 Å². The minimum Gasteiger partial charge on any atom is -0.367 e. The summed E-state index contributed by atoms with van der Waals surface area (Å²) >= 11 is 1.90. The first-order valence-electron chi connectivity index (χ1n) is 5.77. The average Bonchev–Trinajstić information content (AvgIpc) is 2.41. The molecule has 0 aliphatic rings. The Kier molecular flexibility index (Phi) is 5.50. The Bertz CT molecular complexity index is 332. The van der Waals surface area contributed by atoms with E-state index >= 15 is 0 Å². The van der Waals surface area contributed by atoms with Gasteiger partial charge in [-0.05, 0) is 19.1 Å². The molecule has 1 aromatic heterocycles. The molecule has 0 unspecified atom stereocenters. The van der Waals surface area contributed by atoms with Gasteiger partial charge in [-0.3, -0.25) is 4.98 Å². The second-order valence-corrected chi connectivity index (χ2v) is 5.16. The number of thioether (sulfide) groups is 1. The molecule has 0 aromatic carbocycles. The third-order valence-electron chi connectivity index (χ3n) is 3.10. The number of nitrogens with one attached hydrogen (secondary N) is 2. The van der Waals surface area contributed by atoms with Crippen molar-refractivity contribution in [3.05, 3.63) is 12.4 Å². The van der Waals surface area contributed by atoms with Crippen LogP contribution in [0, 0.1) is 0 Å². The van der Waals surface area contributed by atoms with Crippen LogP contribution in [0.15, 0.2) is 12.4 Å². The number of hydrazine groups is 1. The Balaban J connectivity index is 2.65. The highest BCUT2D eigenvalue weighted by Gasteiger charge is 2.24. The Morgan fingerprint density at radius 1 is 1.29 bits per heavy atom. The molecule has 1 aromatic rings. The number of rotatable bonds is 7. The number of nitrogen functional groups attached to an aromatic ring is 1. The van der Waals surface area contributed by atoms with Gasteiger partial charge in [0.25, 0.3) is 0 Å². The fourth-order valence-electron chi connectivity index (χ4n) is 1.63. The largest absolute Gasteiger partial charge is 0.367 e. The van der Waals surface area contributed by atoms with Crippen LogP contribution in [0.4, 0.5) is 11.6 Å².